The van der Waals surface area contributed by atoms with Gasteiger partial charge in [-0.15, -0.1) is 0 Å². The standard InChI is InChI=1S/C14H21BrN2/c1-14(2)7-10-17(9-4-8-16-14)13-6-3-5-12(15)11-13/h3,5-6,11,16H,4,7-10H2,1-2H3. The summed E-state index contributed by atoms with van der Waals surface area (Å²) in [5, 5.41) is 3.61. The van der Waals surface area contributed by atoms with Gasteiger partial charge in [0.1, 0.15) is 0 Å². The van der Waals surface area contributed by atoms with E-state index in [4.69, 9.17) is 0 Å². The molecule has 1 aliphatic heterocycles. The molecule has 0 atom stereocenters. The van der Waals surface area contributed by atoms with Crippen LogP contribution in [-0.2, 0) is 0 Å². The first kappa shape index (κ1) is 12.9. The van der Waals surface area contributed by atoms with Crippen molar-refractivity contribution in [2.45, 2.75) is 32.2 Å². The average molecular weight is 297 g/mol. The molecule has 0 aliphatic carbocycles. The van der Waals surface area contributed by atoms with E-state index in [2.05, 4.69) is 64.3 Å². The molecule has 0 radical (unpaired) electrons. The number of anilines is 1. The van der Waals surface area contributed by atoms with Gasteiger partial charge in [-0.25, -0.2) is 0 Å². The van der Waals surface area contributed by atoms with E-state index in [1.54, 1.807) is 0 Å². The van der Waals surface area contributed by atoms with Crippen molar-refractivity contribution in [2.24, 2.45) is 0 Å². The molecule has 0 amide bonds. The van der Waals surface area contributed by atoms with Gasteiger partial charge in [-0.3, -0.25) is 0 Å². The Kier molecular flexibility index (Phi) is 4.10. The smallest absolute Gasteiger partial charge is 0.0377 e. The zero-order valence-corrected chi connectivity index (χ0v) is 12.3. The molecule has 0 saturated carbocycles. The molecule has 0 unspecified atom stereocenters. The number of benzene rings is 1. The minimum absolute atomic E-state index is 0.255. The molecule has 0 bridgehead atoms. The predicted octanol–water partition coefficient (Wildman–Crippen LogP) is 3.42. The molecule has 2 rings (SSSR count). The number of hydrogen-bond donors (Lipinski definition) is 1. The minimum Gasteiger partial charge on any atom is -0.371 e. The maximum atomic E-state index is 3.61. The van der Waals surface area contributed by atoms with Crippen LogP contribution in [0.15, 0.2) is 28.7 Å². The van der Waals surface area contributed by atoms with Crippen LogP contribution in [0, 0.1) is 0 Å². The molecule has 0 spiro atoms. The average Bonchev–Trinajstić information content (AvgIpc) is 2.25. The Labute approximate surface area is 113 Å². The molecular weight excluding hydrogens is 276 g/mol. The van der Waals surface area contributed by atoms with Crippen molar-refractivity contribution in [1.82, 2.24) is 5.32 Å². The predicted molar refractivity (Wildman–Crippen MR) is 77.7 cm³/mol. The lowest BCUT2D eigenvalue weighted by Crippen LogP contribution is -2.46. The van der Waals surface area contributed by atoms with Crippen molar-refractivity contribution in [3.8, 4) is 0 Å². The summed E-state index contributed by atoms with van der Waals surface area (Å²) in [7, 11) is 0. The number of rotatable bonds is 1. The number of nitrogens with one attached hydrogen (secondary N) is 1. The first-order chi connectivity index (χ1) is 8.07. The van der Waals surface area contributed by atoms with E-state index in [1.807, 2.05) is 0 Å². The molecule has 1 aromatic carbocycles. The first-order valence-corrected chi connectivity index (χ1v) is 7.12. The second kappa shape index (κ2) is 5.40. The number of nitrogens with zero attached hydrogens (tertiary/aromatic N) is 1. The normalized spacial score (nSPS) is 20.8. The van der Waals surface area contributed by atoms with Gasteiger partial charge in [0.2, 0.25) is 0 Å². The van der Waals surface area contributed by atoms with Crippen LogP contribution in [0.3, 0.4) is 0 Å². The third kappa shape index (κ3) is 3.71. The SMILES string of the molecule is CC1(C)CCN(c2cccc(Br)c2)CCCN1. The fourth-order valence-electron chi connectivity index (χ4n) is 2.24. The van der Waals surface area contributed by atoms with Crippen LogP contribution in [0.25, 0.3) is 0 Å². The maximum absolute atomic E-state index is 3.61. The maximum Gasteiger partial charge on any atom is 0.0377 e. The zero-order chi connectivity index (χ0) is 12.3. The van der Waals surface area contributed by atoms with Gasteiger partial charge in [-0.1, -0.05) is 22.0 Å². The number of hydrogen-bond acceptors (Lipinski definition) is 2. The van der Waals surface area contributed by atoms with Crippen LogP contribution in [0.5, 0.6) is 0 Å². The third-order valence-corrected chi connectivity index (χ3v) is 3.88. The fraction of sp³-hybridized carbons (Fsp3) is 0.571. The monoisotopic (exact) mass is 296 g/mol. The molecule has 1 saturated heterocycles. The van der Waals surface area contributed by atoms with Crippen molar-refractivity contribution < 1.29 is 0 Å². The molecule has 3 heteroatoms. The quantitative estimate of drug-likeness (QED) is 0.854. The van der Waals surface area contributed by atoms with Crippen LogP contribution < -0.4 is 10.2 Å². The number of halogens is 1. The van der Waals surface area contributed by atoms with Gasteiger partial charge >= 0.3 is 0 Å². The Morgan fingerprint density at radius 2 is 2.12 bits per heavy atom. The highest BCUT2D eigenvalue weighted by molar-refractivity contribution is 9.10. The molecule has 0 aromatic heterocycles. The Morgan fingerprint density at radius 1 is 1.29 bits per heavy atom. The summed E-state index contributed by atoms with van der Waals surface area (Å²) in [5.41, 5.74) is 1.59. The zero-order valence-electron chi connectivity index (χ0n) is 10.7. The summed E-state index contributed by atoms with van der Waals surface area (Å²) in [6, 6.07) is 8.61. The summed E-state index contributed by atoms with van der Waals surface area (Å²) in [6.45, 7) is 7.95. The fourth-order valence-corrected chi connectivity index (χ4v) is 2.63. The summed E-state index contributed by atoms with van der Waals surface area (Å²) in [4.78, 5) is 2.49. The largest absolute Gasteiger partial charge is 0.371 e. The van der Waals surface area contributed by atoms with E-state index in [1.165, 1.54) is 18.5 Å². The Balaban J connectivity index is 2.09. The summed E-state index contributed by atoms with van der Waals surface area (Å²) in [6.07, 6.45) is 2.38. The van der Waals surface area contributed by atoms with Gasteiger partial charge in [0, 0.05) is 28.8 Å². The highest BCUT2D eigenvalue weighted by atomic mass is 79.9. The van der Waals surface area contributed by atoms with E-state index in [0.29, 0.717) is 0 Å². The molecule has 17 heavy (non-hydrogen) atoms. The van der Waals surface area contributed by atoms with Gasteiger partial charge in [-0.05, 0) is 51.4 Å². The molecule has 2 nitrogen and oxygen atoms in total. The van der Waals surface area contributed by atoms with E-state index >= 15 is 0 Å². The molecule has 1 fully saturated rings. The van der Waals surface area contributed by atoms with Crippen LogP contribution in [0.1, 0.15) is 26.7 Å². The van der Waals surface area contributed by atoms with Crippen molar-refractivity contribution >= 4 is 21.6 Å². The lowest BCUT2D eigenvalue weighted by atomic mass is 9.98. The van der Waals surface area contributed by atoms with Crippen molar-refractivity contribution in [1.29, 1.82) is 0 Å². The van der Waals surface area contributed by atoms with Crippen molar-refractivity contribution in [3.63, 3.8) is 0 Å². The lowest BCUT2D eigenvalue weighted by Gasteiger charge is -2.35. The molecule has 1 aromatic rings. The third-order valence-electron chi connectivity index (χ3n) is 3.39. The molecule has 1 heterocycles. The molecular formula is C14H21BrN2. The van der Waals surface area contributed by atoms with Crippen LogP contribution in [0.2, 0.25) is 0 Å². The van der Waals surface area contributed by atoms with Gasteiger partial charge < -0.3 is 10.2 Å². The van der Waals surface area contributed by atoms with Gasteiger partial charge in [-0.2, -0.15) is 0 Å². The highest BCUT2D eigenvalue weighted by Gasteiger charge is 2.20. The van der Waals surface area contributed by atoms with Crippen LogP contribution in [-0.4, -0.2) is 25.2 Å². The van der Waals surface area contributed by atoms with Crippen molar-refractivity contribution in [3.05, 3.63) is 28.7 Å². The van der Waals surface area contributed by atoms with E-state index in [9.17, 15) is 0 Å². The summed E-state index contributed by atoms with van der Waals surface area (Å²) >= 11 is 3.55. The minimum atomic E-state index is 0.255. The van der Waals surface area contributed by atoms with Gasteiger partial charge in [0.15, 0.2) is 0 Å². The van der Waals surface area contributed by atoms with Crippen molar-refractivity contribution in [2.75, 3.05) is 24.5 Å². The summed E-state index contributed by atoms with van der Waals surface area (Å²) in [5.74, 6) is 0. The van der Waals surface area contributed by atoms with E-state index in [-0.39, 0.29) is 5.54 Å². The lowest BCUT2D eigenvalue weighted by molar-refractivity contribution is 0.347. The Hall–Kier alpha value is -0.540. The molecule has 1 N–H and O–H groups in total. The second-order valence-electron chi connectivity index (χ2n) is 5.38. The van der Waals surface area contributed by atoms with Crippen LogP contribution >= 0.6 is 15.9 Å². The van der Waals surface area contributed by atoms with Gasteiger partial charge in [0.25, 0.3) is 0 Å². The highest BCUT2D eigenvalue weighted by Crippen LogP contribution is 2.22. The molecule has 1 aliphatic rings. The Morgan fingerprint density at radius 3 is 2.88 bits per heavy atom. The van der Waals surface area contributed by atoms with Crippen LogP contribution in [0.4, 0.5) is 5.69 Å². The van der Waals surface area contributed by atoms with E-state index in [0.717, 1.165) is 24.1 Å². The summed E-state index contributed by atoms with van der Waals surface area (Å²) < 4.78 is 1.16. The molecule has 94 valence electrons. The van der Waals surface area contributed by atoms with E-state index < -0.39 is 0 Å². The Bertz CT molecular complexity index is 376. The second-order valence-corrected chi connectivity index (χ2v) is 6.30. The first-order valence-electron chi connectivity index (χ1n) is 6.32. The van der Waals surface area contributed by atoms with Gasteiger partial charge in [0.05, 0.1) is 0 Å². The topological polar surface area (TPSA) is 15.3 Å².